The van der Waals surface area contributed by atoms with Crippen molar-refractivity contribution in [2.45, 2.75) is 44.7 Å². The summed E-state index contributed by atoms with van der Waals surface area (Å²) in [6, 6.07) is 22.0. The van der Waals surface area contributed by atoms with Gasteiger partial charge in [-0.1, -0.05) is 80.2 Å². The number of benzene rings is 3. The first-order valence-corrected chi connectivity index (χ1v) is 14.0. The van der Waals surface area contributed by atoms with Crippen molar-refractivity contribution in [2.75, 3.05) is 26.7 Å². The van der Waals surface area contributed by atoms with Gasteiger partial charge in [0.1, 0.15) is 12.4 Å². The third-order valence-corrected chi connectivity index (χ3v) is 7.38. The minimum Gasteiger partial charge on any atom is -0.508 e. The molecule has 1 aliphatic heterocycles. The minimum atomic E-state index is -0.773. The molecule has 0 saturated carbocycles. The smallest absolute Gasteiger partial charge is 0.407 e. The second-order valence-corrected chi connectivity index (χ2v) is 10.6. The van der Waals surface area contributed by atoms with Crippen molar-refractivity contribution < 1.29 is 34.3 Å². The highest BCUT2D eigenvalue weighted by molar-refractivity contribution is 5.67. The second-order valence-electron chi connectivity index (χ2n) is 10.6. The Morgan fingerprint density at radius 3 is 2.43 bits per heavy atom. The first kappa shape index (κ1) is 31.2. The van der Waals surface area contributed by atoms with Gasteiger partial charge in [0, 0.05) is 31.1 Å². The van der Waals surface area contributed by atoms with Gasteiger partial charge in [0.25, 0.3) is 0 Å². The van der Waals surface area contributed by atoms with Crippen LogP contribution in [0.2, 0.25) is 0 Å². The summed E-state index contributed by atoms with van der Waals surface area (Å²) in [6.07, 6.45) is -0.915. The standard InChI is InChI=1S/C33H40N2O7/c1-4-16-40-33(39)34-18-23-8-14-26(15-9-23)32-41-30(20-35(3)19-29(38)27-6-5-7-28(37)17-27)22(2)31(42-32)25-12-10-24(21-36)11-13-25/h4-15,17,22,29-32,36-38H,1,16,18-21H2,2-3H3,(H,34,39). The maximum absolute atomic E-state index is 11.8. The van der Waals surface area contributed by atoms with Crippen LogP contribution in [0.25, 0.3) is 0 Å². The van der Waals surface area contributed by atoms with Crippen LogP contribution < -0.4 is 5.32 Å². The normalized spacial score (nSPS) is 21.1. The minimum absolute atomic E-state index is 0.0216. The molecule has 1 aliphatic rings. The third-order valence-electron chi connectivity index (χ3n) is 7.38. The Kier molecular flexibility index (Phi) is 11.1. The molecule has 4 N–H and O–H groups in total. The number of amides is 1. The predicted octanol–water partition coefficient (Wildman–Crippen LogP) is 4.75. The summed E-state index contributed by atoms with van der Waals surface area (Å²) >= 11 is 0. The molecule has 3 aromatic rings. The SMILES string of the molecule is C=CCOC(=O)NCc1ccc(C2OC(CN(C)CC(O)c3cccc(O)c3)C(C)C(c3ccc(CO)cc3)O2)cc1. The highest BCUT2D eigenvalue weighted by Gasteiger charge is 2.39. The molecule has 1 amide bonds. The lowest BCUT2D eigenvalue weighted by molar-refractivity contribution is -0.276. The maximum atomic E-state index is 11.8. The molecule has 5 atom stereocenters. The summed E-state index contributed by atoms with van der Waals surface area (Å²) < 4.78 is 18.0. The maximum Gasteiger partial charge on any atom is 0.407 e. The molecule has 5 unspecified atom stereocenters. The van der Waals surface area contributed by atoms with Crippen LogP contribution in [0.5, 0.6) is 5.75 Å². The second kappa shape index (κ2) is 14.9. The van der Waals surface area contributed by atoms with E-state index < -0.39 is 18.5 Å². The fourth-order valence-electron chi connectivity index (χ4n) is 5.00. The average Bonchev–Trinajstić information content (AvgIpc) is 3.00. The van der Waals surface area contributed by atoms with Crippen molar-refractivity contribution in [2.24, 2.45) is 5.92 Å². The molecule has 42 heavy (non-hydrogen) atoms. The number of carbonyl (C=O) groups is 1. The number of hydrogen-bond donors (Lipinski definition) is 4. The number of phenolic OH excluding ortho intramolecular Hbond substituents is 1. The van der Waals surface area contributed by atoms with Gasteiger partial charge >= 0.3 is 6.09 Å². The number of aromatic hydroxyl groups is 1. The number of ether oxygens (including phenoxy) is 3. The van der Waals surface area contributed by atoms with Crippen LogP contribution in [0.3, 0.4) is 0 Å². The van der Waals surface area contributed by atoms with E-state index in [1.54, 1.807) is 24.3 Å². The average molecular weight is 577 g/mol. The van der Waals surface area contributed by atoms with E-state index in [2.05, 4.69) is 18.8 Å². The third kappa shape index (κ3) is 8.40. The molecular formula is C33H40N2O7. The molecule has 224 valence electrons. The Morgan fingerprint density at radius 1 is 1.07 bits per heavy atom. The molecule has 4 rings (SSSR count). The fourth-order valence-corrected chi connectivity index (χ4v) is 5.00. The number of aliphatic hydroxyl groups is 2. The summed E-state index contributed by atoms with van der Waals surface area (Å²) in [7, 11) is 1.93. The summed E-state index contributed by atoms with van der Waals surface area (Å²) in [5, 5.41) is 32.8. The van der Waals surface area contributed by atoms with E-state index in [4.69, 9.17) is 14.2 Å². The monoisotopic (exact) mass is 576 g/mol. The van der Waals surface area contributed by atoms with Crippen LogP contribution in [0.1, 0.15) is 53.2 Å². The lowest BCUT2D eigenvalue weighted by Gasteiger charge is -2.42. The number of rotatable bonds is 12. The Balaban J connectivity index is 1.48. The molecule has 0 radical (unpaired) electrons. The molecule has 1 heterocycles. The molecule has 0 aliphatic carbocycles. The molecular weight excluding hydrogens is 536 g/mol. The topological polar surface area (TPSA) is 121 Å². The number of nitrogens with zero attached hydrogens (tertiary/aromatic N) is 1. The number of alkyl carbamates (subject to hydrolysis) is 1. The van der Waals surface area contributed by atoms with Crippen LogP contribution in [0, 0.1) is 5.92 Å². The zero-order valence-electron chi connectivity index (χ0n) is 24.1. The number of likely N-dealkylation sites (N-methyl/N-ethyl adjacent to an activating group) is 1. The van der Waals surface area contributed by atoms with Crippen molar-refractivity contribution in [1.82, 2.24) is 10.2 Å². The van der Waals surface area contributed by atoms with Crippen molar-refractivity contribution in [3.05, 3.63) is 113 Å². The molecule has 1 fully saturated rings. The molecule has 3 aromatic carbocycles. The van der Waals surface area contributed by atoms with Crippen LogP contribution in [0.15, 0.2) is 85.5 Å². The summed E-state index contributed by atoms with van der Waals surface area (Å²) in [5.74, 6) is 0.0922. The number of carbonyl (C=O) groups excluding carboxylic acids is 1. The van der Waals surface area contributed by atoms with E-state index in [1.165, 1.54) is 6.08 Å². The van der Waals surface area contributed by atoms with Crippen LogP contribution >= 0.6 is 0 Å². The number of phenols is 1. The van der Waals surface area contributed by atoms with Gasteiger partial charge in [-0.3, -0.25) is 0 Å². The van der Waals surface area contributed by atoms with Crippen molar-refractivity contribution in [3.63, 3.8) is 0 Å². The highest BCUT2D eigenvalue weighted by Crippen LogP contribution is 2.42. The van der Waals surface area contributed by atoms with E-state index in [1.807, 2.05) is 60.5 Å². The Morgan fingerprint density at radius 2 is 1.76 bits per heavy atom. The lowest BCUT2D eigenvalue weighted by Crippen LogP contribution is -2.44. The summed E-state index contributed by atoms with van der Waals surface area (Å²) in [5.41, 5.74) is 4.19. The molecule has 9 heteroatoms. The molecule has 1 saturated heterocycles. The van der Waals surface area contributed by atoms with E-state index in [0.717, 1.165) is 22.3 Å². The Hall–Kier alpha value is -3.73. The largest absolute Gasteiger partial charge is 0.508 e. The van der Waals surface area contributed by atoms with Crippen LogP contribution in [-0.4, -0.2) is 59.2 Å². The van der Waals surface area contributed by atoms with Gasteiger partial charge < -0.3 is 39.7 Å². The van der Waals surface area contributed by atoms with Gasteiger partial charge in [0.2, 0.25) is 0 Å². The van der Waals surface area contributed by atoms with Crippen molar-refractivity contribution in [3.8, 4) is 5.75 Å². The fraction of sp³-hybridized carbons (Fsp3) is 0.364. The van der Waals surface area contributed by atoms with Crippen LogP contribution in [0.4, 0.5) is 4.79 Å². The quantitative estimate of drug-likeness (QED) is 0.228. The first-order valence-electron chi connectivity index (χ1n) is 14.0. The Labute approximate surface area is 247 Å². The zero-order valence-corrected chi connectivity index (χ0v) is 24.1. The molecule has 0 spiro atoms. The van der Waals surface area contributed by atoms with Crippen molar-refractivity contribution >= 4 is 6.09 Å². The van der Waals surface area contributed by atoms with Gasteiger partial charge in [-0.2, -0.15) is 0 Å². The summed E-state index contributed by atoms with van der Waals surface area (Å²) in [4.78, 5) is 13.8. The first-order chi connectivity index (χ1) is 20.3. The van der Waals surface area contributed by atoms with E-state index in [0.29, 0.717) is 25.2 Å². The highest BCUT2D eigenvalue weighted by atomic mass is 16.7. The van der Waals surface area contributed by atoms with Gasteiger partial charge in [0.15, 0.2) is 6.29 Å². The molecule has 9 nitrogen and oxygen atoms in total. The van der Waals surface area contributed by atoms with E-state index in [9.17, 15) is 20.1 Å². The Bertz CT molecular complexity index is 1300. The number of nitrogens with one attached hydrogen (secondary N) is 1. The predicted molar refractivity (Wildman–Crippen MR) is 158 cm³/mol. The molecule has 0 bridgehead atoms. The van der Waals surface area contributed by atoms with Gasteiger partial charge in [-0.05, 0) is 41.4 Å². The lowest BCUT2D eigenvalue weighted by atomic mass is 9.90. The summed E-state index contributed by atoms with van der Waals surface area (Å²) in [6.45, 7) is 6.94. The van der Waals surface area contributed by atoms with Gasteiger partial charge in [-0.25, -0.2) is 4.79 Å². The molecule has 0 aromatic heterocycles. The van der Waals surface area contributed by atoms with E-state index >= 15 is 0 Å². The number of aliphatic hydroxyl groups excluding tert-OH is 2. The van der Waals surface area contributed by atoms with Gasteiger partial charge in [-0.15, -0.1) is 0 Å². The zero-order chi connectivity index (χ0) is 30.1. The number of hydrogen-bond acceptors (Lipinski definition) is 8. The van der Waals surface area contributed by atoms with Crippen molar-refractivity contribution in [1.29, 1.82) is 0 Å². The van der Waals surface area contributed by atoms with Gasteiger partial charge in [0.05, 0.1) is 24.9 Å². The van der Waals surface area contributed by atoms with E-state index in [-0.39, 0.29) is 37.1 Å². The van der Waals surface area contributed by atoms with Crippen LogP contribution in [-0.2, 0) is 27.4 Å².